The van der Waals surface area contributed by atoms with Gasteiger partial charge in [-0.2, -0.15) is 0 Å². The molecule has 0 aliphatic carbocycles. The van der Waals surface area contributed by atoms with E-state index in [1.165, 1.54) is 5.56 Å². The van der Waals surface area contributed by atoms with E-state index in [9.17, 15) is 0 Å². The Balaban J connectivity index is 1.47. The number of para-hydroxylation sites is 2. The van der Waals surface area contributed by atoms with Crippen LogP contribution in [0.25, 0.3) is 0 Å². The zero-order valence-electron chi connectivity index (χ0n) is 16.9. The van der Waals surface area contributed by atoms with Gasteiger partial charge in [-0.15, -0.1) is 0 Å². The van der Waals surface area contributed by atoms with Gasteiger partial charge in [-0.1, -0.05) is 42.5 Å². The molecule has 0 amide bonds. The van der Waals surface area contributed by atoms with Crippen LogP contribution in [0.3, 0.4) is 0 Å². The molecule has 28 heavy (non-hydrogen) atoms. The van der Waals surface area contributed by atoms with E-state index in [1.807, 2.05) is 30.3 Å². The van der Waals surface area contributed by atoms with Gasteiger partial charge in [-0.25, -0.2) is 0 Å². The molecule has 2 N–H and O–H groups in total. The van der Waals surface area contributed by atoms with E-state index in [0.29, 0.717) is 19.2 Å². The summed E-state index contributed by atoms with van der Waals surface area (Å²) in [5, 5.41) is 6.77. The number of nitrogens with one attached hydrogen (secondary N) is 2. The van der Waals surface area contributed by atoms with Gasteiger partial charge in [-0.05, 0) is 38.2 Å². The average molecular weight is 383 g/mol. The number of guanidine groups is 1. The number of rotatable bonds is 7. The molecule has 6 heteroatoms. The maximum Gasteiger partial charge on any atom is 0.191 e. The molecule has 2 unspecified atom stereocenters. The van der Waals surface area contributed by atoms with Crippen LogP contribution in [-0.4, -0.2) is 63.8 Å². The minimum atomic E-state index is -0.0533. The van der Waals surface area contributed by atoms with Crippen LogP contribution in [0.15, 0.2) is 59.6 Å². The first kappa shape index (κ1) is 20.0. The predicted octanol–water partition coefficient (Wildman–Crippen LogP) is 2.16. The zero-order valence-corrected chi connectivity index (χ0v) is 16.9. The minimum absolute atomic E-state index is 0.0533. The quantitative estimate of drug-likeness (QED) is 0.568. The Bertz CT molecular complexity index is 764. The summed E-state index contributed by atoms with van der Waals surface area (Å²) in [6, 6.07) is 18.7. The summed E-state index contributed by atoms with van der Waals surface area (Å²) in [7, 11) is 6.00. The molecular weight excluding hydrogens is 352 g/mol. The Labute approximate surface area is 167 Å². The highest BCUT2D eigenvalue weighted by molar-refractivity contribution is 5.79. The standard InChI is InChI=1S/C22H30N4O2/c1-23-22(24-14-18(26(2)3)13-17-9-5-4-6-10-17)25-15-19-16-27-20-11-7-8-12-21(20)28-19/h4-12,18-19H,13-16H2,1-3H3,(H2,23,24,25). The lowest BCUT2D eigenvalue weighted by atomic mass is 10.1. The van der Waals surface area contributed by atoms with Gasteiger partial charge in [0.2, 0.25) is 0 Å². The topological polar surface area (TPSA) is 58.1 Å². The Kier molecular flexibility index (Phi) is 7.14. The van der Waals surface area contributed by atoms with Crippen LogP contribution in [0, 0.1) is 0 Å². The van der Waals surface area contributed by atoms with Gasteiger partial charge in [0.1, 0.15) is 12.7 Å². The fourth-order valence-corrected chi connectivity index (χ4v) is 3.13. The van der Waals surface area contributed by atoms with Crippen molar-refractivity contribution in [2.45, 2.75) is 18.6 Å². The highest BCUT2D eigenvalue weighted by Gasteiger charge is 2.21. The van der Waals surface area contributed by atoms with E-state index in [-0.39, 0.29) is 6.10 Å². The van der Waals surface area contributed by atoms with Gasteiger partial charge in [-0.3, -0.25) is 4.99 Å². The predicted molar refractivity (Wildman–Crippen MR) is 113 cm³/mol. The molecule has 2 aromatic carbocycles. The van der Waals surface area contributed by atoms with Crippen molar-refractivity contribution >= 4 is 5.96 Å². The highest BCUT2D eigenvalue weighted by Crippen LogP contribution is 2.30. The zero-order chi connectivity index (χ0) is 19.8. The third-order valence-electron chi connectivity index (χ3n) is 4.84. The molecule has 2 atom stereocenters. The van der Waals surface area contributed by atoms with Crippen molar-refractivity contribution in [3.63, 3.8) is 0 Å². The van der Waals surface area contributed by atoms with Crippen molar-refractivity contribution < 1.29 is 9.47 Å². The van der Waals surface area contributed by atoms with E-state index < -0.39 is 0 Å². The van der Waals surface area contributed by atoms with Crippen molar-refractivity contribution in [3.8, 4) is 11.5 Å². The molecule has 1 heterocycles. The Morgan fingerprint density at radius 1 is 1.07 bits per heavy atom. The maximum atomic E-state index is 5.99. The molecule has 2 aromatic rings. The summed E-state index contributed by atoms with van der Waals surface area (Å²) in [6.07, 6.45) is 0.927. The Hall–Kier alpha value is -2.73. The van der Waals surface area contributed by atoms with Crippen molar-refractivity contribution in [3.05, 3.63) is 60.2 Å². The second kappa shape index (κ2) is 9.99. The molecule has 0 radical (unpaired) electrons. The first-order valence-electron chi connectivity index (χ1n) is 9.69. The van der Waals surface area contributed by atoms with Crippen LogP contribution in [0.5, 0.6) is 11.5 Å². The van der Waals surface area contributed by atoms with Gasteiger partial charge >= 0.3 is 0 Å². The van der Waals surface area contributed by atoms with E-state index in [2.05, 4.69) is 58.9 Å². The second-order valence-corrected chi connectivity index (χ2v) is 7.14. The van der Waals surface area contributed by atoms with Crippen molar-refractivity contribution in [1.29, 1.82) is 0 Å². The normalized spacial score (nSPS) is 17.3. The van der Waals surface area contributed by atoms with E-state index >= 15 is 0 Å². The fourth-order valence-electron chi connectivity index (χ4n) is 3.13. The summed E-state index contributed by atoms with van der Waals surface area (Å²) < 4.78 is 11.8. The number of ether oxygens (including phenoxy) is 2. The third kappa shape index (κ3) is 5.63. The summed E-state index contributed by atoms with van der Waals surface area (Å²) in [5.74, 6) is 2.36. The number of hydrogen-bond donors (Lipinski definition) is 2. The lowest BCUT2D eigenvalue weighted by Gasteiger charge is -2.28. The first-order valence-corrected chi connectivity index (χ1v) is 9.69. The largest absolute Gasteiger partial charge is 0.486 e. The summed E-state index contributed by atoms with van der Waals surface area (Å²) in [6.45, 7) is 1.95. The molecule has 6 nitrogen and oxygen atoms in total. The van der Waals surface area contributed by atoms with Crippen LogP contribution >= 0.6 is 0 Å². The van der Waals surface area contributed by atoms with Gasteiger partial charge in [0.05, 0.1) is 6.54 Å². The Morgan fingerprint density at radius 2 is 1.79 bits per heavy atom. The van der Waals surface area contributed by atoms with E-state index in [1.54, 1.807) is 7.05 Å². The third-order valence-corrected chi connectivity index (χ3v) is 4.84. The van der Waals surface area contributed by atoms with E-state index in [0.717, 1.165) is 30.4 Å². The van der Waals surface area contributed by atoms with Crippen LogP contribution in [0.1, 0.15) is 5.56 Å². The average Bonchev–Trinajstić information content (AvgIpc) is 2.73. The molecule has 0 aromatic heterocycles. The monoisotopic (exact) mass is 382 g/mol. The molecule has 0 saturated carbocycles. The van der Waals surface area contributed by atoms with Crippen molar-refractivity contribution in [2.24, 2.45) is 4.99 Å². The smallest absolute Gasteiger partial charge is 0.191 e. The minimum Gasteiger partial charge on any atom is -0.486 e. The molecule has 1 aliphatic heterocycles. The van der Waals surface area contributed by atoms with Crippen LogP contribution < -0.4 is 20.1 Å². The lowest BCUT2D eigenvalue weighted by molar-refractivity contribution is 0.0936. The number of likely N-dealkylation sites (N-methyl/N-ethyl adjacent to an activating group) is 1. The molecule has 0 fully saturated rings. The second-order valence-electron chi connectivity index (χ2n) is 7.14. The van der Waals surface area contributed by atoms with E-state index in [4.69, 9.17) is 9.47 Å². The lowest BCUT2D eigenvalue weighted by Crippen LogP contribution is -2.49. The van der Waals surface area contributed by atoms with Crippen LogP contribution in [-0.2, 0) is 6.42 Å². The molecule has 0 saturated heterocycles. The van der Waals surface area contributed by atoms with Crippen molar-refractivity contribution in [1.82, 2.24) is 15.5 Å². The molecule has 0 bridgehead atoms. The Morgan fingerprint density at radius 3 is 2.50 bits per heavy atom. The molecular formula is C22H30N4O2. The number of benzene rings is 2. The highest BCUT2D eigenvalue weighted by atomic mass is 16.6. The summed E-state index contributed by atoms with van der Waals surface area (Å²) in [5.41, 5.74) is 1.33. The molecule has 3 rings (SSSR count). The number of aliphatic imine (C=N–C) groups is 1. The molecule has 1 aliphatic rings. The van der Waals surface area contributed by atoms with Gasteiger partial charge in [0, 0.05) is 19.6 Å². The SMILES string of the molecule is CN=C(NCC1COc2ccccc2O1)NCC(Cc1ccccc1)N(C)C. The van der Waals surface area contributed by atoms with Gasteiger partial charge < -0.3 is 25.0 Å². The maximum absolute atomic E-state index is 5.99. The number of fused-ring (bicyclic) bond motifs is 1. The number of nitrogens with zero attached hydrogens (tertiary/aromatic N) is 2. The van der Waals surface area contributed by atoms with Crippen molar-refractivity contribution in [2.75, 3.05) is 40.8 Å². The van der Waals surface area contributed by atoms with Gasteiger partial charge in [0.25, 0.3) is 0 Å². The summed E-state index contributed by atoms with van der Waals surface area (Å²) >= 11 is 0. The summed E-state index contributed by atoms with van der Waals surface area (Å²) in [4.78, 5) is 6.57. The van der Waals surface area contributed by atoms with Crippen LogP contribution in [0.4, 0.5) is 0 Å². The first-order chi connectivity index (χ1) is 13.7. The number of hydrogen-bond acceptors (Lipinski definition) is 4. The van der Waals surface area contributed by atoms with Crippen LogP contribution in [0.2, 0.25) is 0 Å². The fraction of sp³-hybridized carbons (Fsp3) is 0.409. The molecule has 0 spiro atoms. The van der Waals surface area contributed by atoms with Gasteiger partial charge in [0.15, 0.2) is 17.5 Å². The molecule has 150 valence electrons.